The van der Waals surface area contributed by atoms with Crippen molar-refractivity contribution in [3.63, 3.8) is 0 Å². The zero-order chi connectivity index (χ0) is 13.4. The van der Waals surface area contributed by atoms with E-state index in [9.17, 15) is 8.78 Å². The average Bonchev–Trinajstić information content (AvgIpc) is 2.59. The van der Waals surface area contributed by atoms with E-state index in [1.54, 1.807) is 13.8 Å². The van der Waals surface area contributed by atoms with Crippen LogP contribution in [0.4, 0.5) is 8.78 Å². The molecule has 1 aromatic heterocycles. The highest BCUT2D eigenvalue weighted by Crippen LogP contribution is 2.26. The molecule has 0 spiro atoms. The average molecular weight is 273 g/mol. The minimum atomic E-state index is -0.802. The fourth-order valence-corrected chi connectivity index (χ4v) is 1.99. The lowest BCUT2D eigenvalue weighted by Gasteiger charge is -2.08. The summed E-state index contributed by atoms with van der Waals surface area (Å²) in [5.74, 6) is -1.55. The van der Waals surface area contributed by atoms with Crippen LogP contribution in [0.25, 0.3) is 5.69 Å². The van der Waals surface area contributed by atoms with E-state index < -0.39 is 11.6 Å². The Morgan fingerprint density at radius 2 is 2.06 bits per heavy atom. The fraction of sp³-hybridized carbons (Fsp3) is 0.273. The minimum Gasteiger partial charge on any atom is -0.323 e. The van der Waals surface area contributed by atoms with E-state index in [2.05, 4.69) is 10.3 Å². The highest BCUT2D eigenvalue weighted by molar-refractivity contribution is 6.32. The molecular formula is C11H11ClF2N4. The highest BCUT2D eigenvalue weighted by Gasteiger charge is 2.19. The van der Waals surface area contributed by atoms with Gasteiger partial charge in [-0.15, -0.1) is 5.10 Å². The lowest BCUT2D eigenvalue weighted by atomic mass is 10.2. The summed E-state index contributed by atoms with van der Waals surface area (Å²) in [5.41, 5.74) is 6.78. The number of hydrogen-bond acceptors (Lipinski definition) is 3. The Hall–Kier alpha value is -1.53. The Balaban J connectivity index is 2.63. The summed E-state index contributed by atoms with van der Waals surface area (Å²) in [6.45, 7) is 3.43. The maximum Gasteiger partial charge on any atom is 0.153 e. The number of halogens is 3. The summed E-state index contributed by atoms with van der Waals surface area (Å²) in [6.07, 6.45) is 0. The van der Waals surface area contributed by atoms with Gasteiger partial charge in [-0.05, 0) is 19.9 Å². The van der Waals surface area contributed by atoms with Crippen molar-refractivity contribution in [3.8, 4) is 5.69 Å². The zero-order valence-corrected chi connectivity index (χ0v) is 10.5. The molecular weight excluding hydrogens is 262 g/mol. The van der Waals surface area contributed by atoms with Crippen LogP contribution in [0, 0.1) is 18.6 Å². The molecule has 2 N–H and O–H groups in total. The van der Waals surface area contributed by atoms with Crippen LogP contribution in [0.1, 0.15) is 24.4 Å². The molecule has 0 aliphatic rings. The number of nitrogens with two attached hydrogens (primary N) is 1. The van der Waals surface area contributed by atoms with Gasteiger partial charge in [0.2, 0.25) is 0 Å². The predicted molar refractivity (Wildman–Crippen MR) is 63.6 cm³/mol. The van der Waals surface area contributed by atoms with E-state index in [4.69, 9.17) is 17.3 Å². The van der Waals surface area contributed by atoms with E-state index >= 15 is 0 Å². The van der Waals surface area contributed by atoms with Crippen LogP contribution in [0.15, 0.2) is 12.1 Å². The van der Waals surface area contributed by atoms with Crippen LogP contribution in [-0.4, -0.2) is 15.0 Å². The molecule has 7 heteroatoms. The second kappa shape index (κ2) is 4.62. The molecule has 1 aromatic carbocycles. The molecule has 0 amide bonds. The smallest absolute Gasteiger partial charge is 0.153 e. The Bertz CT molecular complexity index is 572. The van der Waals surface area contributed by atoms with Gasteiger partial charge < -0.3 is 5.73 Å². The Kier molecular flexibility index (Phi) is 3.32. The molecule has 1 heterocycles. The van der Waals surface area contributed by atoms with Gasteiger partial charge in [0.1, 0.15) is 17.2 Å². The molecule has 0 saturated carbocycles. The lowest BCUT2D eigenvalue weighted by molar-refractivity contribution is 0.570. The van der Waals surface area contributed by atoms with Gasteiger partial charge >= 0.3 is 0 Å². The van der Waals surface area contributed by atoms with Crippen molar-refractivity contribution < 1.29 is 8.78 Å². The molecule has 0 aliphatic heterocycles. The van der Waals surface area contributed by atoms with Gasteiger partial charge in [0.25, 0.3) is 0 Å². The topological polar surface area (TPSA) is 56.7 Å². The molecule has 0 radical (unpaired) electrons. The van der Waals surface area contributed by atoms with Crippen molar-refractivity contribution in [2.75, 3.05) is 0 Å². The summed E-state index contributed by atoms with van der Waals surface area (Å²) < 4.78 is 27.9. The van der Waals surface area contributed by atoms with Gasteiger partial charge in [-0.3, -0.25) is 0 Å². The summed E-state index contributed by atoms with van der Waals surface area (Å²) in [5, 5.41) is 7.59. The monoisotopic (exact) mass is 272 g/mol. The Morgan fingerprint density at radius 1 is 1.39 bits per heavy atom. The van der Waals surface area contributed by atoms with Crippen LogP contribution < -0.4 is 5.73 Å². The third kappa shape index (κ3) is 2.09. The van der Waals surface area contributed by atoms with Gasteiger partial charge in [-0.25, -0.2) is 13.5 Å². The number of hydrogen-bond donors (Lipinski definition) is 1. The molecule has 2 rings (SSSR count). The van der Waals surface area contributed by atoms with Crippen molar-refractivity contribution in [1.82, 2.24) is 15.0 Å². The fourth-order valence-electron chi connectivity index (χ4n) is 1.71. The summed E-state index contributed by atoms with van der Waals surface area (Å²) in [4.78, 5) is 0. The van der Waals surface area contributed by atoms with Crippen molar-refractivity contribution in [1.29, 1.82) is 0 Å². The molecule has 4 nitrogen and oxygen atoms in total. The van der Waals surface area contributed by atoms with E-state index in [-0.39, 0.29) is 16.8 Å². The van der Waals surface area contributed by atoms with Crippen molar-refractivity contribution in [2.45, 2.75) is 19.9 Å². The molecule has 1 unspecified atom stereocenters. The summed E-state index contributed by atoms with van der Waals surface area (Å²) >= 11 is 5.83. The van der Waals surface area contributed by atoms with E-state index in [0.29, 0.717) is 11.4 Å². The van der Waals surface area contributed by atoms with Gasteiger partial charge in [0.15, 0.2) is 5.82 Å². The normalized spacial score (nSPS) is 12.8. The first kappa shape index (κ1) is 12.9. The van der Waals surface area contributed by atoms with Crippen molar-refractivity contribution in [3.05, 3.63) is 40.2 Å². The third-order valence-corrected chi connectivity index (χ3v) is 2.84. The van der Waals surface area contributed by atoms with E-state index in [1.165, 1.54) is 4.68 Å². The predicted octanol–water partition coefficient (Wildman–Crippen LogP) is 2.53. The first-order valence-electron chi connectivity index (χ1n) is 5.24. The van der Waals surface area contributed by atoms with Gasteiger partial charge in [0, 0.05) is 12.1 Å². The summed E-state index contributed by atoms with van der Waals surface area (Å²) in [6, 6.07) is 1.43. The molecule has 0 bridgehead atoms. The van der Waals surface area contributed by atoms with Gasteiger partial charge in [-0.2, -0.15) is 0 Å². The number of aromatic nitrogens is 3. The SMILES string of the molecule is Cc1c(C(C)N)nnn1-c1c(F)cc(F)cc1Cl. The first-order valence-corrected chi connectivity index (χ1v) is 5.62. The third-order valence-electron chi connectivity index (χ3n) is 2.56. The quantitative estimate of drug-likeness (QED) is 0.914. The largest absolute Gasteiger partial charge is 0.323 e. The van der Waals surface area contributed by atoms with Gasteiger partial charge in [-0.1, -0.05) is 16.8 Å². The molecule has 2 aromatic rings. The molecule has 96 valence electrons. The second-order valence-corrected chi connectivity index (χ2v) is 4.39. The Morgan fingerprint density at radius 3 is 2.56 bits per heavy atom. The van der Waals surface area contributed by atoms with Crippen LogP contribution in [0.5, 0.6) is 0 Å². The van der Waals surface area contributed by atoms with E-state index in [1.807, 2.05) is 0 Å². The number of benzene rings is 1. The van der Waals surface area contributed by atoms with Crippen LogP contribution in [0.2, 0.25) is 5.02 Å². The first-order chi connectivity index (χ1) is 8.41. The van der Waals surface area contributed by atoms with Crippen LogP contribution >= 0.6 is 11.6 Å². The standard InChI is InChI=1S/C11H11ClF2N4/c1-5(15)10-6(2)18(17-16-10)11-8(12)3-7(13)4-9(11)14/h3-5H,15H2,1-2H3. The molecule has 0 saturated heterocycles. The molecule has 0 aliphatic carbocycles. The maximum absolute atomic E-state index is 13.7. The van der Waals surface area contributed by atoms with Crippen LogP contribution in [0.3, 0.4) is 0 Å². The Labute approximate surface area is 107 Å². The number of rotatable bonds is 2. The van der Waals surface area contributed by atoms with Crippen molar-refractivity contribution >= 4 is 11.6 Å². The second-order valence-electron chi connectivity index (χ2n) is 3.98. The van der Waals surface area contributed by atoms with E-state index in [0.717, 1.165) is 12.1 Å². The van der Waals surface area contributed by atoms with Gasteiger partial charge in [0.05, 0.1) is 10.7 Å². The zero-order valence-electron chi connectivity index (χ0n) is 9.78. The number of nitrogens with zero attached hydrogens (tertiary/aromatic N) is 3. The minimum absolute atomic E-state index is 0.0324. The highest BCUT2D eigenvalue weighted by atomic mass is 35.5. The molecule has 18 heavy (non-hydrogen) atoms. The van der Waals surface area contributed by atoms with Crippen LogP contribution in [-0.2, 0) is 0 Å². The lowest BCUT2D eigenvalue weighted by Crippen LogP contribution is -2.08. The maximum atomic E-state index is 13.7. The summed E-state index contributed by atoms with van der Waals surface area (Å²) in [7, 11) is 0. The molecule has 0 fully saturated rings. The molecule has 1 atom stereocenters. The van der Waals surface area contributed by atoms with Crippen molar-refractivity contribution in [2.24, 2.45) is 5.73 Å².